The molecule has 0 spiro atoms. The average molecular weight is 385 g/mol. The lowest BCUT2D eigenvalue weighted by molar-refractivity contribution is 0.0971. The van der Waals surface area contributed by atoms with Crippen LogP contribution in [0.4, 0.5) is 0 Å². The molecule has 2 aromatic carbocycles. The van der Waals surface area contributed by atoms with Crippen LogP contribution in [-0.4, -0.2) is 25.5 Å². The van der Waals surface area contributed by atoms with Crippen molar-refractivity contribution in [1.82, 2.24) is 19.7 Å². The molecular formula is C21H15N5OS. The first-order valence-electron chi connectivity index (χ1n) is 8.58. The van der Waals surface area contributed by atoms with E-state index in [1.165, 1.54) is 11.3 Å². The number of hydrogen-bond acceptors (Lipinski definition) is 6. The molecule has 28 heavy (non-hydrogen) atoms. The highest BCUT2D eigenvalue weighted by molar-refractivity contribution is 7.13. The number of benzene rings is 2. The number of ketones is 1. The van der Waals surface area contributed by atoms with Crippen LogP contribution >= 0.6 is 11.3 Å². The molecular weight excluding hydrogens is 370 g/mol. The Balaban J connectivity index is 1.65. The number of aromatic nitrogens is 4. The van der Waals surface area contributed by atoms with E-state index in [0.717, 1.165) is 16.1 Å². The predicted molar refractivity (Wildman–Crippen MR) is 107 cm³/mol. The molecule has 136 valence electrons. The normalized spacial score (nSPS) is 11.7. The highest BCUT2D eigenvalue weighted by Gasteiger charge is 2.29. The lowest BCUT2D eigenvalue weighted by Crippen LogP contribution is -2.16. The number of carbonyl (C=O) groups is 1. The van der Waals surface area contributed by atoms with Gasteiger partial charge in [0.25, 0.3) is 0 Å². The SMILES string of the molecule is Cn1c(-c2ccccc2)nnc1[C@@H](C#N)C(=O)c1csc(-c2ccccc2)n1. The van der Waals surface area contributed by atoms with Crippen molar-refractivity contribution in [2.24, 2.45) is 7.05 Å². The van der Waals surface area contributed by atoms with Crippen molar-refractivity contribution in [3.63, 3.8) is 0 Å². The zero-order valence-electron chi connectivity index (χ0n) is 15.0. The minimum absolute atomic E-state index is 0.264. The third-order valence-corrected chi connectivity index (χ3v) is 5.26. The molecule has 2 aromatic heterocycles. The van der Waals surface area contributed by atoms with Gasteiger partial charge in [-0.25, -0.2) is 4.98 Å². The standard InChI is InChI=1S/C21H15N5OS/c1-26-19(14-8-4-2-5-9-14)24-25-20(26)16(12-22)18(27)17-13-28-21(23-17)15-10-6-3-7-11-15/h2-11,13,16H,1H3/t16-/m0/s1. The molecule has 0 bridgehead atoms. The summed E-state index contributed by atoms with van der Waals surface area (Å²) in [6.07, 6.45) is 0. The maximum Gasteiger partial charge on any atom is 0.206 e. The molecule has 0 amide bonds. The van der Waals surface area contributed by atoms with Gasteiger partial charge in [-0.05, 0) is 0 Å². The molecule has 0 saturated heterocycles. The molecule has 4 rings (SSSR count). The van der Waals surface area contributed by atoms with Gasteiger partial charge in [0.05, 0.1) is 6.07 Å². The summed E-state index contributed by atoms with van der Waals surface area (Å²) in [4.78, 5) is 17.4. The lowest BCUT2D eigenvalue weighted by Gasteiger charge is -2.07. The third-order valence-electron chi connectivity index (χ3n) is 4.37. The number of rotatable bonds is 5. The summed E-state index contributed by atoms with van der Waals surface area (Å²) in [5.74, 6) is -0.538. The van der Waals surface area contributed by atoms with Gasteiger partial charge in [0, 0.05) is 23.6 Å². The van der Waals surface area contributed by atoms with Gasteiger partial charge < -0.3 is 4.57 Å². The summed E-state index contributed by atoms with van der Waals surface area (Å²) in [6, 6.07) is 21.2. The molecule has 1 atom stereocenters. The van der Waals surface area contributed by atoms with E-state index in [1.54, 1.807) is 17.0 Å². The Hall–Kier alpha value is -3.63. The van der Waals surface area contributed by atoms with Crippen molar-refractivity contribution in [1.29, 1.82) is 5.26 Å². The summed E-state index contributed by atoms with van der Waals surface area (Å²) in [5.41, 5.74) is 2.07. The maximum atomic E-state index is 13.0. The first-order valence-corrected chi connectivity index (χ1v) is 9.46. The fourth-order valence-corrected chi connectivity index (χ4v) is 3.73. The fraction of sp³-hybridized carbons (Fsp3) is 0.0952. The van der Waals surface area contributed by atoms with E-state index in [1.807, 2.05) is 60.7 Å². The molecule has 2 heterocycles. The van der Waals surface area contributed by atoms with Gasteiger partial charge in [-0.1, -0.05) is 60.7 Å². The van der Waals surface area contributed by atoms with Crippen LogP contribution in [0.3, 0.4) is 0 Å². The fourth-order valence-electron chi connectivity index (χ4n) is 2.91. The molecule has 7 heteroatoms. The van der Waals surface area contributed by atoms with Crippen LogP contribution < -0.4 is 0 Å². The summed E-state index contributed by atoms with van der Waals surface area (Å²) in [5, 5.41) is 20.4. The van der Waals surface area contributed by atoms with Crippen molar-refractivity contribution in [2.75, 3.05) is 0 Å². The molecule has 0 fully saturated rings. The third kappa shape index (κ3) is 3.21. The van der Waals surface area contributed by atoms with Crippen LogP contribution in [0, 0.1) is 11.3 Å². The van der Waals surface area contributed by atoms with Crippen LogP contribution in [-0.2, 0) is 7.05 Å². The van der Waals surface area contributed by atoms with Gasteiger partial charge in [-0.2, -0.15) is 5.26 Å². The van der Waals surface area contributed by atoms with Gasteiger partial charge in [0.15, 0.2) is 17.6 Å². The lowest BCUT2D eigenvalue weighted by atomic mass is 10.0. The number of Topliss-reactive ketones (excluding diaryl/α,β-unsaturated/α-hetero) is 1. The topological polar surface area (TPSA) is 84.5 Å². The Labute approximate surface area is 165 Å². The monoisotopic (exact) mass is 385 g/mol. The first-order chi connectivity index (χ1) is 13.7. The Bertz CT molecular complexity index is 1160. The van der Waals surface area contributed by atoms with E-state index in [-0.39, 0.29) is 11.5 Å². The van der Waals surface area contributed by atoms with Crippen LogP contribution in [0.1, 0.15) is 22.2 Å². The summed E-state index contributed by atoms with van der Waals surface area (Å²) >= 11 is 1.38. The molecule has 0 saturated carbocycles. The highest BCUT2D eigenvalue weighted by Crippen LogP contribution is 2.27. The quantitative estimate of drug-likeness (QED) is 0.483. The molecule has 0 aliphatic heterocycles. The predicted octanol–water partition coefficient (Wildman–Crippen LogP) is 4.10. The molecule has 0 N–H and O–H groups in total. The zero-order chi connectivity index (χ0) is 19.5. The Morgan fingerprint density at radius 3 is 2.32 bits per heavy atom. The van der Waals surface area contributed by atoms with E-state index >= 15 is 0 Å². The minimum atomic E-state index is -1.07. The van der Waals surface area contributed by atoms with E-state index in [4.69, 9.17) is 0 Å². The van der Waals surface area contributed by atoms with E-state index in [0.29, 0.717) is 11.6 Å². The number of hydrogen-bond donors (Lipinski definition) is 0. The van der Waals surface area contributed by atoms with Crippen LogP contribution in [0.5, 0.6) is 0 Å². The van der Waals surface area contributed by atoms with Gasteiger partial charge in [-0.15, -0.1) is 21.5 Å². The van der Waals surface area contributed by atoms with E-state index < -0.39 is 5.92 Å². The average Bonchev–Trinajstić information content (AvgIpc) is 3.38. The van der Waals surface area contributed by atoms with E-state index in [2.05, 4.69) is 21.3 Å². The molecule has 0 radical (unpaired) electrons. The zero-order valence-corrected chi connectivity index (χ0v) is 15.8. The second-order valence-electron chi connectivity index (χ2n) is 6.14. The number of thiazole rings is 1. The van der Waals surface area contributed by atoms with Crippen LogP contribution in [0.15, 0.2) is 66.0 Å². The summed E-state index contributed by atoms with van der Waals surface area (Å²) < 4.78 is 1.69. The molecule has 0 aliphatic rings. The Kier molecular flexibility index (Phi) is 4.79. The van der Waals surface area contributed by atoms with Crippen molar-refractivity contribution in [2.45, 2.75) is 5.92 Å². The van der Waals surface area contributed by atoms with Crippen molar-refractivity contribution in [3.05, 3.63) is 77.6 Å². The first kappa shape index (κ1) is 17.8. The molecule has 0 aliphatic carbocycles. The Morgan fingerprint density at radius 2 is 1.68 bits per heavy atom. The van der Waals surface area contributed by atoms with Crippen LogP contribution in [0.2, 0.25) is 0 Å². The maximum absolute atomic E-state index is 13.0. The van der Waals surface area contributed by atoms with Gasteiger partial charge in [0.2, 0.25) is 5.78 Å². The highest BCUT2D eigenvalue weighted by atomic mass is 32.1. The minimum Gasteiger partial charge on any atom is -0.313 e. The number of nitrogens with zero attached hydrogens (tertiary/aromatic N) is 5. The van der Waals surface area contributed by atoms with Crippen molar-refractivity contribution < 1.29 is 4.79 Å². The van der Waals surface area contributed by atoms with Gasteiger partial charge in [-0.3, -0.25) is 4.79 Å². The molecule has 6 nitrogen and oxygen atoms in total. The summed E-state index contributed by atoms with van der Waals surface area (Å²) in [7, 11) is 1.76. The number of carbonyl (C=O) groups excluding carboxylic acids is 1. The molecule has 0 unspecified atom stereocenters. The second-order valence-corrected chi connectivity index (χ2v) is 7.00. The second kappa shape index (κ2) is 7.55. The molecule has 4 aromatic rings. The largest absolute Gasteiger partial charge is 0.313 e. The van der Waals surface area contributed by atoms with Gasteiger partial charge in [0.1, 0.15) is 10.7 Å². The smallest absolute Gasteiger partial charge is 0.206 e. The number of nitriles is 1. The van der Waals surface area contributed by atoms with E-state index in [9.17, 15) is 10.1 Å². The van der Waals surface area contributed by atoms with Crippen LogP contribution in [0.25, 0.3) is 22.0 Å². The van der Waals surface area contributed by atoms with Crippen molar-refractivity contribution in [3.8, 4) is 28.0 Å². The van der Waals surface area contributed by atoms with Gasteiger partial charge >= 0.3 is 0 Å². The van der Waals surface area contributed by atoms with Crippen molar-refractivity contribution >= 4 is 17.1 Å². The summed E-state index contributed by atoms with van der Waals surface area (Å²) in [6.45, 7) is 0. The Morgan fingerprint density at radius 1 is 1.04 bits per heavy atom.